The maximum absolute atomic E-state index is 11.7. The van der Waals surface area contributed by atoms with Crippen LogP contribution in [0.3, 0.4) is 0 Å². The lowest BCUT2D eigenvalue weighted by atomic mass is 10.1. The molecule has 4 rings (SSSR count). The Hall–Kier alpha value is -1.95. The Morgan fingerprint density at radius 2 is 1.74 bits per heavy atom. The quantitative estimate of drug-likeness (QED) is 0.780. The van der Waals surface area contributed by atoms with Crippen LogP contribution in [0.25, 0.3) is 0 Å². The molecule has 2 heterocycles. The molecular weight excluding hydrogens is 385 g/mol. The second kappa shape index (κ2) is 8.38. The van der Waals surface area contributed by atoms with Crippen LogP contribution in [-0.4, -0.2) is 50.6 Å². The first-order chi connectivity index (χ1) is 12.6. The van der Waals surface area contributed by atoms with Crippen LogP contribution in [0.2, 0.25) is 5.02 Å². The fourth-order valence-electron chi connectivity index (χ4n) is 3.49. The number of ether oxygens (including phenoxy) is 1. The number of anilines is 2. The summed E-state index contributed by atoms with van der Waals surface area (Å²) in [5, 5.41) is 0.773. The second-order valence-corrected chi connectivity index (χ2v) is 7.22. The molecule has 0 spiro atoms. The van der Waals surface area contributed by atoms with Crippen LogP contribution in [0.5, 0.6) is 5.75 Å². The smallest absolute Gasteiger partial charge is 0.264 e. The summed E-state index contributed by atoms with van der Waals surface area (Å²) in [4.78, 5) is 18.2. The Balaban J connectivity index is 0.00000210. The molecular formula is C20H23Cl2N3O2. The van der Waals surface area contributed by atoms with Crippen molar-refractivity contribution in [1.82, 2.24) is 4.90 Å². The Kier molecular flexibility index (Phi) is 6.15. The van der Waals surface area contributed by atoms with E-state index in [1.54, 1.807) is 11.9 Å². The highest BCUT2D eigenvalue weighted by Crippen LogP contribution is 2.32. The van der Waals surface area contributed by atoms with Gasteiger partial charge in [-0.2, -0.15) is 0 Å². The molecule has 5 nitrogen and oxygen atoms in total. The molecule has 2 aliphatic heterocycles. The van der Waals surface area contributed by atoms with E-state index in [4.69, 9.17) is 16.3 Å². The van der Waals surface area contributed by atoms with Gasteiger partial charge in [0.25, 0.3) is 5.91 Å². The molecule has 0 aromatic heterocycles. The summed E-state index contributed by atoms with van der Waals surface area (Å²) in [6.07, 6.45) is 0. The van der Waals surface area contributed by atoms with Crippen LogP contribution in [-0.2, 0) is 11.3 Å². The summed E-state index contributed by atoms with van der Waals surface area (Å²) in [5.41, 5.74) is 3.29. The van der Waals surface area contributed by atoms with Gasteiger partial charge < -0.3 is 14.5 Å². The summed E-state index contributed by atoms with van der Waals surface area (Å²) < 4.78 is 5.59. The number of carbonyl (C=O) groups is 1. The molecule has 0 unspecified atom stereocenters. The van der Waals surface area contributed by atoms with Gasteiger partial charge in [-0.25, -0.2) is 0 Å². The largest absolute Gasteiger partial charge is 0.482 e. The Morgan fingerprint density at radius 1 is 1.04 bits per heavy atom. The number of carbonyl (C=O) groups excluding carboxylic acids is 1. The maximum Gasteiger partial charge on any atom is 0.264 e. The molecule has 0 N–H and O–H groups in total. The lowest BCUT2D eigenvalue weighted by Gasteiger charge is -2.36. The Bertz CT molecular complexity index is 805. The molecule has 0 saturated carbocycles. The SMILES string of the molecule is CN1C(=O)COc2cc(CN3CCN(c4ccc(Cl)cc4)CC3)ccc21.Cl. The van der Waals surface area contributed by atoms with Crippen molar-refractivity contribution in [1.29, 1.82) is 0 Å². The van der Waals surface area contributed by atoms with E-state index >= 15 is 0 Å². The molecule has 2 aromatic carbocycles. The third-order valence-corrected chi connectivity index (χ3v) is 5.33. The van der Waals surface area contributed by atoms with Crippen LogP contribution in [0.1, 0.15) is 5.56 Å². The van der Waals surface area contributed by atoms with Crippen LogP contribution in [0.15, 0.2) is 42.5 Å². The summed E-state index contributed by atoms with van der Waals surface area (Å²) in [6.45, 7) is 5.04. The predicted molar refractivity (Wildman–Crippen MR) is 112 cm³/mol. The molecule has 0 radical (unpaired) electrons. The predicted octanol–water partition coefficient (Wildman–Crippen LogP) is 3.44. The Labute approximate surface area is 170 Å². The fraction of sp³-hybridized carbons (Fsp3) is 0.350. The molecule has 2 aromatic rings. The normalized spacial score (nSPS) is 17.2. The van der Waals surface area contributed by atoms with Gasteiger partial charge in [-0.15, -0.1) is 12.4 Å². The zero-order chi connectivity index (χ0) is 18.1. The number of hydrogen-bond acceptors (Lipinski definition) is 4. The van der Waals surface area contributed by atoms with Gasteiger partial charge in [0.2, 0.25) is 0 Å². The van der Waals surface area contributed by atoms with Crippen LogP contribution >= 0.6 is 24.0 Å². The minimum atomic E-state index is -0.0106. The number of amides is 1. The first-order valence-corrected chi connectivity index (χ1v) is 9.23. The van der Waals surface area contributed by atoms with Gasteiger partial charge in [-0.3, -0.25) is 9.69 Å². The molecule has 0 bridgehead atoms. The number of halogens is 2. The highest BCUT2D eigenvalue weighted by Gasteiger charge is 2.23. The van der Waals surface area contributed by atoms with Gasteiger partial charge in [0.15, 0.2) is 6.61 Å². The van der Waals surface area contributed by atoms with Gasteiger partial charge in [0.05, 0.1) is 5.69 Å². The number of piperazine rings is 1. The van der Waals surface area contributed by atoms with Crippen molar-refractivity contribution in [2.75, 3.05) is 49.6 Å². The molecule has 27 heavy (non-hydrogen) atoms. The summed E-state index contributed by atoms with van der Waals surface area (Å²) in [5.74, 6) is 0.785. The number of nitrogens with zero attached hydrogens (tertiary/aromatic N) is 3. The van der Waals surface area contributed by atoms with Gasteiger partial charge in [-0.05, 0) is 42.0 Å². The van der Waals surface area contributed by atoms with E-state index in [1.807, 2.05) is 18.2 Å². The summed E-state index contributed by atoms with van der Waals surface area (Å²) >= 11 is 5.97. The monoisotopic (exact) mass is 407 g/mol. The lowest BCUT2D eigenvalue weighted by Crippen LogP contribution is -2.46. The summed E-state index contributed by atoms with van der Waals surface area (Å²) in [6, 6.07) is 14.2. The van der Waals surface area contributed by atoms with Gasteiger partial charge in [0, 0.05) is 50.5 Å². The van der Waals surface area contributed by atoms with Crippen molar-refractivity contribution in [2.45, 2.75) is 6.54 Å². The van der Waals surface area contributed by atoms with Crippen molar-refractivity contribution in [3.8, 4) is 5.75 Å². The van der Waals surface area contributed by atoms with Crippen molar-refractivity contribution >= 4 is 41.3 Å². The summed E-state index contributed by atoms with van der Waals surface area (Å²) in [7, 11) is 1.79. The lowest BCUT2D eigenvalue weighted by molar-refractivity contribution is -0.120. The second-order valence-electron chi connectivity index (χ2n) is 6.78. The van der Waals surface area contributed by atoms with Crippen molar-refractivity contribution < 1.29 is 9.53 Å². The van der Waals surface area contributed by atoms with Crippen LogP contribution < -0.4 is 14.5 Å². The highest BCUT2D eigenvalue weighted by molar-refractivity contribution is 6.30. The van der Waals surface area contributed by atoms with Crippen LogP contribution in [0, 0.1) is 0 Å². The van der Waals surface area contributed by atoms with Gasteiger partial charge >= 0.3 is 0 Å². The first-order valence-electron chi connectivity index (χ1n) is 8.85. The van der Waals surface area contributed by atoms with E-state index in [2.05, 4.69) is 34.1 Å². The Morgan fingerprint density at radius 3 is 2.44 bits per heavy atom. The van der Waals surface area contributed by atoms with Crippen molar-refractivity contribution in [2.24, 2.45) is 0 Å². The molecule has 2 aliphatic rings. The zero-order valence-corrected chi connectivity index (χ0v) is 16.8. The number of likely N-dealkylation sites (N-methyl/N-ethyl adjacent to an activating group) is 1. The average molecular weight is 408 g/mol. The molecule has 0 aliphatic carbocycles. The van der Waals surface area contributed by atoms with Crippen LogP contribution in [0.4, 0.5) is 11.4 Å². The molecule has 7 heteroatoms. The average Bonchev–Trinajstić information content (AvgIpc) is 2.66. The van der Waals surface area contributed by atoms with E-state index in [1.165, 1.54) is 11.3 Å². The number of rotatable bonds is 3. The van der Waals surface area contributed by atoms with E-state index in [-0.39, 0.29) is 24.9 Å². The van der Waals surface area contributed by atoms with Crippen molar-refractivity contribution in [3.63, 3.8) is 0 Å². The van der Waals surface area contributed by atoms with E-state index in [9.17, 15) is 4.79 Å². The molecule has 144 valence electrons. The molecule has 1 fully saturated rings. The van der Waals surface area contributed by atoms with E-state index in [0.29, 0.717) is 0 Å². The third kappa shape index (κ3) is 4.32. The van der Waals surface area contributed by atoms with E-state index in [0.717, 1.165) is 49.2 Å². The number of hydrogen-bond donors (Lipinski definition) is 0. The maximum atomic E-state index is 11.7. The van der Waals surface area contributed by atoms with E-state index < -0.39 is 0 Å². The van der Waals surface area contributed by atoms with Gasteiger partial charge in [-0.1, -0.05) is 17.7 Å². The highest BCUT2D eigenvalue weighted by atomic mass is 35.5. The fourth-order valence-corrected chi connectivity index (χ4v) is 3.62. The molecule has 1 saturated heterocycles. The van der Waals surface area contributed by atoms with Gasteiger partial charge in [0.1, 0.15) is 5.75 Å². The standard InChI is InChI=1S/C20H22ClN3O2.ClH/c1-22-18-7-2-15(12-19(18)26-14-20(22)25)13-23-8-10-24(11-9-23)17-5-3-16(21)4-6-17;/h2-7,12H,8-11,13-14H2,1H3;1H. The van der Waals surface area contributed by atoms with Crippen molar-refractivity contribution in [3.05, 3.63) is 53.1 Å². The molecule has 1 amide bonds. The number of benzene rings is 2. The first kappa shape index (κ1) is 19.8. The third-order valence-electron chi connectivity index (χ3n) is 5.08. The molecule has 0 atom stereocenters. The minimum Gasteiger partial charge on any atom is -0.482 e. The zero-order valence-electron chi connectivity index (χ0n) is 15.2. The topological polar surface area (TPSA) is 36.0 Å². The minimum absolute atomic E-state index is 0. The number of fused-ring (bicyclic) bond motifs is 1.